The zero-order chi connectivity index (χ0) is 13.0. The van der Waals surface area contributed by atoms with E-state index < -0.39 is 5.97 Å². The third-order valence-corrected chi connectivity index (χ3v) is 3.13. The molecule has 1 saturated heterocycles. The van der Waals surface area contributed by atoms with Crippen molar-refractivity contribution in [2.45, 2.75) is 18.9 Å². The number of hydrogen-bond acceptors (Lipinski definition) is 3. The number of aliphatic carboxylic acids is 1. The first-order chi connectivity index (χ1) is 7.91. The molecule has 1 heterocycles. The van der Waals surface area contributed by atoms with Crippen molar-refractivity contribution in [3.05, 3.63) is 0 Å². The fourth-order valence-electron chi connectivity index (χ4n) is 2.12. The van der Waals surface area contributed by atoms with Gasteiger partial charge in [-0.1, -0.05) is 0 Å². The lowest BCUT2D eigenvalue weighted by Gasteiger charge is -2.37. The normalized spacial score (nSPS) is 17.3. The second kappa shape index (κ2) is 5.86. The maximum Gasteiger partial charge on any atom is 0.319 e. The van der Waals surface area contributed by atoms with Crippen molar-refractivity contribution in [3.63, 3.8) is 0 Å². The number of carbonyl (C=O) groups excluding carboxylic acids is 1. The van der Waals surface area contributed by atoms with Crippen LogP contribution < -0.4 is 0 Å². The number of carboxylic acids is 1. The van der Waals surface area contributed by atoms with Crippen LogP contribution >= 0.6 is 0 Å². The number of piperidine rings is 1. The highest BCUT2D eigenvalue weighted by Gasteiger charge is 2.26. The highest BCUT2D eigenvalue weighted by atomic mass is 16.4. The first-order valence-corrected chi connectivity index (χ1v) is 5.80. The second-order valence-corrected chi connectivity index (χ2v) is 4.70. The second-order valence-electron chi connectivity index (χ2n) is 4.70. The Morgan fingerprint density at radius 1 is 1.24 bits per heavy atom. The molecule has 0 bridgehead atoms. The summed E-state index contributed by atoms with van der Waals surface area (Å²) in [4.78, 5) is 27.5. The zero-order valence-electron chi connectivity index (χ0n) is 10.7. The topological polar surface area (TPSA) is 64.1 Å². The number of carboxylic acid groups (broad SMARTS) is 1. The van der Waals surface area contributed by atoms with Crippen molar-refractivity contribution in [3.8, 4) is 0 Å². The molecule has 1 fully saturated rings. The van der Waals surface area contributed by atoms with Crippen molar-refractivity contribution in [2.24, 2.45) is 0 Å². The van der Waals surface area contributed by atoms with E-state index in [0.717, 1.165) is 12.8 Å². The molecule has 0 radical (unpaired) electrons. The molecule has 0 aromatic carbocycles. The van der Waals surface area contributed by atoms with Gasteiger partial charge in [-0.15, -0.1) is 0 Å². The van der Waals surface area contributed by atoms with Crippen LogP contribution in [0.1, 0.15) is 12.8 Å². The third-order valence-electron chi connectivity index (χ3n) is 3.13. The van der Waals surface area contributed by atoms with Gasteiger partial charge < -0.3 is 14.9 Å². The quantitative estimate of drug-likeness (QED) is 0.766. The summed E-state index contributed by atoms with van der Waals surface area (Å²) in [5.74, 6) is -0.806. The Labute approximate surface area is 102 Å². The molecule has 1 rings (SSSR count). The van der Waals surface area contributed by atoms with Crippen LogP contribution in [0.2, 0.25) is 0 Å². The van der Waals surface area contributed by atoms with E-state index in [9.17, 15) is 9.59 Å². The summed E-state index contributed by atoms with van der Waals surface area (Å²) in [7, 11) is 5.30. The summed E-state index contributed by atoms with van der Waals surface area (Å²) in [5, 5.41) is 8.71. The van der Waals surface area contributed by atoms with Crippen LogP contribution in [0.4, 0.5) is 4.79 Å². The molecule has 0 aromatic heterocycles. The van der Waals surface area contributed by atoms with Crippen LogP contribution in [0, 0.1) is 0 Å². The van der Waals surface area contributed by atoms with Gasteiger partial charge in [-0.2, -0.15) is 0 Å². The highest BCUT2D eigenvalue weighted by molar-refractivity contribution is 5.73. The van der Waals surface area contributed by atoms with Crippen molar-refractivity contribution >= 4 is 12.0 Å². The van der Waals surface area contributed by atoms with Gasteiger partial charge in [0.2, 0.25) is 0 Å². The monoisotopic (exact) mass is 243 g/mol. The highest BCUT2D eigenvalue weighted by Crippen LogP contribution is 2.15. The molecule has 0 aliphatic carbocycles. The summed E-state index contributed by atoms with van der Waals surface area (Å²) >= 11 is 0. The van der Waals surface area contributed by atoms with E-state index >= 15 is 0 Å². The van der Waals surface area contributed by atoms with Crippen molar-refractivity contribution in [1.29, 1.82) is 0 Å². The SMILES string of the molecule is CN(C)C(=O)N1CCC(N(C)CC(=O)O)CC1. The number of hydrogen-bond donors (Lipinski definition) is 1. The van der Waals surface area contributed by atoms with Gasteiger partial charge in [-0.25, -0.2) is 4.79 Å². The lowest BCUT2D eigenvalue weighted by molar-refractivity contribution is -0.138. The summed E-state index contributed by atoms with van der Waals surface area (Å²) in [5.41, 5.74) is 0. The molecule has 2 amide bonds. The van der Waals surface area contributed by atoms with Crippen LogP contribution in [0.3, 0.4) is 0 Å². The van der Waals surface area contributed by atoms with Gasteiger partial charge in [0.15, 0.2) is 0 Å². The third kappa shape index (κ3) is 3.89. The van der Waals surface area contributed by atoms with E-state index in [-0.39, 0.29) is 18.6 Å². The van der Waals surface area contributed by atoms with E-state index in [1.54, 1.807) is 19.0 Å². The summed E-state index contributed by atoms with van der Waals surface area (Å²) < 4.78 is 0. The number of amides is 2. The molecule has 0 unspecified atom stereocenters. The molecule has 0 saturated carbocycles. The number of rotatable bonds is 3. The largest absolute Gasteiger partial charge is 0.480 e. The Morgan fingerprint density at radius 2 is 1.76 bits per heavy atom. The standard InChI is InChI=1S/C11H21N3O3/c1-12(2)11(17)14-6-4-9(5-7-14)13(3)8-10(15)16/h9H,4-8H2,1-3H3,(H,15,16). The van der Waals surface area contributed by atoms with E-state index in [2.05, 4.69) is 0 Å². The van der Waals surface area contributed by atoms with Crippen LogP contribution in [-0.4, -0.2) is 78.6 Å². The molecule has 0 spiro atoms. The van der Waals surface area contributed by atoms with E-state index in [4.69, 9.17) is 5.11 Å². The van der Waals surface area contributed by atoms with Gasteiger partial charge >= 0.3 is 12.0 Å². The first kappa shape index (κ1) is 13.8. The zero-order valence-corrected chi connectivity index (χ0v) is 10.7. The molecular weight excluding hydrogens is 222 g/mol. The van der Waals surface area contributed by atoms with Crippen LogP contribution in [0.25, 0.3) is 0 Å². The van der Waals surface area contributed by atoms with Crippen molar-refractivity contribution in [2.75, 3.05) is 40.8 Å². The minimum atomic E-state index is -0.806. The molecular formula is C11H21N3O3. The number of nitrogens with zero attached hydrogens (tertiary/aromatic N) is 3. The predicted octanol–water partition coefficient (Wildman–Crippen LogP) is 0.149. The van der Waals surface area contributed by atoms with Crippen LogP contribution in [0.15, 0.2) is 0 Å². The summed E-state index contributed by atoms with van der Waals surface area (Å²) in [6, 6.07) is 0.293. The Bertz CT molecular complexity index is 286. The minimum absolute atomic E-state index is 0.0318. The maximum atomic E-state index is 11.7. The van der Waals surface area contributed by atoms with E-state index in [1.807, 2.05) is 16.8 Å². The Kier molecular flexibility index (Phi) is 4.74. The van der Waals surface area contributed by atoms with Crippen molar-refractivity contribution in [1.82, 2.24) is 14.7 Å². The Morgan fingerprint density at radius 3 is 2.18 bits per heavy atom. The molecule has 0 atom stereocenters. The fourth-order valence-corrected chi connectivity index (χ4v) is 2.12. The number of carbonyl (C=O) groups is 2. The predicted molar refractivity (Wildman–Crippen MR) is 63.9 cm³/mol. The molecule has 1 aliphatic rings. The molecule has 6 nitrogen and oxygen atoms in total. The molecule has 98 valence electrons. The average molecular weight is 243 g/mol. The summed E-state index contributed by atoms with van der Waals surface area (Å²) in [6.07, 6.45) is 1.67. The smallest absolute Gasteiger partial charge is 0.319 e. The molecule has 1 N–H and O–H groups in total. The van der Waals surface area contributed by atoms with Gasteiger partial charge in [0.1, 0.15) is 0 Å². The number of likely N-dealkylation sites (tertiary alicyclic amines) is 1. The lowest BCUT2D eigenvalue weighted by Crippen LogP contribution is -2.49. The van der Waals surface area contributed by atoms with E-state index in [0.29, 0.717) is 13.1 Å². The molecule has 1 aliphatic heterocycles. The number of likely N-dealkylation sites (N-methyl/N-ethyl adjacent to an activating group) is 1. The van der Waals surface area contributed by atoms with Gasteiger partial charge in [-0.3, -0.25) is 9.69 Å². The van der Waals surface area contributed by atoms with Gasteiger partial charge in [0, 0.05) is 33.2 Å². The molecule has 6 heteroatoms. The Balaban J connectivity index is 2.40. The van der Waals surface area contributed by atoms with Crippen molar-refractivity contribution < 1.29 is 14.7 Å². The van der Waals surface area contributed by atoms with Gasteiger partial charge in [-0.05, 0) is 19.9 Å². The van der Waals surface area contributed by atoms with Gasteiger partial charge in [0.05, 0.1) is 6.54 Å². The maximum absolute atomic E-state index is 11.7. The van der Waals surface area contributed by atoms with E-state index in [1.165, 1.54) is 0 Å². The fraction of sp³-hybridized carbons (Fsp3) is 0.818. The van der Waals surface area contributed by atoms with Gasteiger partial charge in [0.25, 0.3) is 0 Å². The average Bonchev–Trinajstić information content (AvgIpc) is 2.27. The lowest BCUT2D eigenvalue weighted by atomic mass is 10.0. The minimum Gasteiger partial charge on any atom is -0.480 e. The summed E-state index contributed by atoms with van der Waals surface area (Å²) in [6.45, 7) is 1.46. The van der Waals surface area contributed by atoms with Crippen LogP contribution in [-0.2, 0) is 4.79 Å². The Hall–Kier alpha value is -1.30. The molecule has 0 aromatic rings. The number of urea groups is 1. The molecule has 17 heavy (non-hydrogen) atoms. The van der Waals surface area contributed by atoms with Crippen LogP contribution in [0.5, 0.6) is 0 Å². The first-order valence-electron chi connectivity index (χ1n) is 5.80.